The Morgan fingerprint density at radius 3 is 2.62 bits per heavy atom. The third-order valence-electron chi connectivity index (χ3n) is 1.74. The average Bonchev–Trinajstić information content (AvgIpc) is 2.52. The molecule has 2 aromatic rings. The third-order valence-corrected chi connectivity index (χ3v) is 1.97. The molecule has 0 fully saturated rings. The van der Waals surface area contributed by atoms with Gasteiger partial charge in [0.1, 0.15) is 5.76 Å². The van der Waals surface area contributed by atoms with E-state index in [1.54, 1.807) is 6.07 Å². The van der Waals surface area contributed by atoms with E-state index in [2.05, 4.69) is 0 Å². The fourth-order valence-corrected chi connectivity index (χ4v) is 1.34. The molecule has 0 aliphatic carbocycles. The summed E-state index contributed by atoms with van der Waals surface area (Å²) in [7, 11) is 0. The average molecular weight is 194 g/mol. The van der Waals surface area contributed by atoms with Crippen molar-refractivity contribution in [3.8, 4) is 11.3 Å². The Bertz CT molecular complexity index is 422. The molecule has 0 aliphatic rings. The summed E-state index contributed by atoms with van der Waals surface area (Å²) in [5.41, 5.74) is 6.39. The minimum Gasteiger partial charge on any atom is -0.441 e. The van der Waals surface area contributed by atoms with E-state index < -0.39 is 0 Å². The Hall–Kier alpha value is -1.41. The molecule has 0 bridgehead atoms. The minimum absolute atomic E-state index is 0.412. The Labute approximate surface area is 80.9 Å². The van der Waals surface area contributed by atoms with Crippen molar-refractivity contribution in [2.75, 3.05) is 5.73 Å². The maximum atomic E-state index is 5.83. The molecule has 1 heterocycles. The first kappa shape index (κ1) is 8.20. The molecular weight excluding hydrogens is 186 g/mol. The van der Waals surface area contributed by atoms with Crippen LogP contribution in [0.15, 0.2) is 40.8 Å². The van der Waals surface area contributed by atoms with Gasteiger partial charge in [0.05, 0.1) is 0 Å². The van der Waals surface area contributed by atoms with Gasteiger partial charge in [-0.3, -0.25) is 0 Å². The molecular formula is C10H8ClNO. The van der Waals surface area contributed by atoms with Crippen LogP contribution in [-0.4, -0.2) is 0 Å². The zero-order chi connectivity index (χ0) is 9.26. The first-order chi connectivity index (χ1) is 6.25. The smallest absolute Gasteiger partial charge is 0.190 e. The van der Waals surface area contributed by atoms with Crippen LogP contribution in [0.3, 0.4) is 0 Å². The number of halogens is 1. The Kier molecular flexibility index (Phi) is 1.99. The topological polar surface area (TPSA) is 39.2 Å². The first-order valence-corrected chi connectivity index (χ1v) is 4.25. The Morgan fingerprint density at radius 1 is 1.15 bits per heavy atom. The molecule has 0 radical (unpaired) electrons. The molecule has 0 amide bonds. The number of hydrogen-bond donors (Lipinski definition) is 1. The van der Waals surface area contributed by atoms with Gasteiger partial charge >= 0.3 is 0 Å². The van der Waals surface area contributed by atoms with Gasteiger partial charge in [-0.2, -0.15) is 0 Å². The monoisotopic (exact) mass is 193 g/mol. The van der Waals surface area contributed by atoms with E-state index in [0.29, 0.717) is 10.9 Å². The molecule has 0 saturated carbocycles. The van der Waals surface area contributed by atoms with Crippen molar-refractivity contribution >= 4 is 17.5 Å². The summed E-state index contributed by atoms with van der Waals surface area (Å²) in [6, 6.07) is 11.0. The van der Waals surface area contributed by atoms with Crippen LogP contribution in [0.25, 0.3) is 11.3 Å². The Morgan fingerprint density at radius 2 is 2.00 bits per heavy atom. The third kappa shape index (κ3) is 1.68. The number of rotatable bonds is 1. The fraction of sp³-hybridized carbons (Fsp3) is 0. The van der Waals surface area contributed by atoms with Gasteiger partial charge in [0.15, 0.2) is 5.88 Å². The van der Waals surface area contributed by atoms with Crippen molar-refractivity contribution < 1.29 is 4.42 Å². The van der Waals surface area contributed by atoms with Crippen LogP contribution in [0.2, 0.25) is 5.02 Å². The van der Waals surface area contributed by atoms with Crippen molar-refractivity contribution in [1.82, 2.24) is 0 Å². The second-order valence-electron chi connectivity index (χ2n) is 2.71. The molecule has 2 rings (SSSR count). The number of benzene rings is 1. The van der Waals surface area contributed by atoms with Crippen LogP contribution in [0.5, 0.6) is 0 Å². The van der Waals surface area contributed by atoms with E-state index in [1.165, 1.54) is 0 Å². The molecule has 0 spiro atoms. The lowest BCUT2D eigenvalue weighted by Crippen LogP contribution is -1.76. The summed E-state index contributed by atoms with van der Waals surface area (Å²) in [5, 5.41) is 0.687. The van der Waals surface area contributed by atoms with Crippen molar-refractivity contribution in [2.45, 2.75) is 0 Å². The lowest BCUT2D eigenvalue weighted by molar-refractivity contribution is 0.603. The summed E-state index contributed by atoms with van der Waals surface area (Å²) < 4.78 is 5.24. The lowest BCUT2D eigenvalue weighted by atomic mass is 10.2. The zero-order valence-corrected chi connectivity index (χ0v) is 7.58. The second-order valence-corrected chi connectivity index (χ2v) is 3.15. The maximum absolute atomic E-state index is 5.83. The molecule has 1 aromatic carbocycles. The van der Waals surface area contributed by atoms with Gasteiger partial charge in [-0.25, -0.2) is 0 Å². The van der Waals surface area contributed by atoms with E-state index in [4.69, 9.17) is 21.8 Å². The SMILES string of the molecule is Nc1ccc(-c2cccc(Cl)c2)o1. The van der Waals surface area contributed by atoms with Gasteiger partial charge in [0, 0.05) is 16.7 Å². The van der Waals surface area contributed by atoms with E-state index in [-0.39, 0.29) is 0 Å². The lowest BCUT2D eigenvalue weighted by Gasteiger charge is -1.96. The van der Waals surface area contributed by atoms with E-state index in [9.17, 15) is 0 Å². The zero-order valence-electron chi connectivity index (χ0n) is 6.83. The molecule has 0 unspecified atom stereocenters. The fourth-order valence-electron chi connectivity index (χ4n) is 1.15. The van der Waals surface area contributed by atoms with Crippen LogP contribution < -0.4 is 5.73 Å². The predicted molar refractivity (Wildman–Crippen MR) is 53.6 cm³/mol. The minimum atomic E-state index is 0.412. The van der Waals surface area contributed by atoms with Crippen LogP contribution in [0.4, 0.5) is 5.88 Å². The number of anilines is 1. The van der Waals surface area contributed by atoms with E-state index >= 15 is 0 Å². The highest BCUT2D eigenvalue weighted by atomic mass is 35.5. The normalized spacial score (nSPS) is 10.2. The van der Waals surface area contributed by atoms with Gasteiger partial charge < -0.3 is 10.2 Å². The van der Waals surface area contributed by atoms with Gasteiger partial charge in [-0.1, -0.05) is 23.7 Å². The predicted octanol–water partition coefficient (Wildman–Crippen LogP) is 3.18. The van der Waals surface area contributed by atoms with Gasteiger partial charge in [-0.05, 0) is 18.2 Å². The van der Waals surface area contributed by atoms with Crippen LogP contribution in [-0.2, 0) is 0 Å². The molecule has 0 saturated heterocycles. The number of nitrogen functional groups attached to an aromatic ring is 1. The largest absolute Gasteiger partial charge is 0.441 e. The van der Waals surface area contributed by atoms with Crippen LogP contribution in [0.1, 0.15) is 0 Å². The Balaban J connectivity index is 2.46. The van der Waals surface area contributed by atoms with Crippen LogP contribution >= 0.6 is 11.6 Å². The molecule has 2 nitrogen and oxygen atoms in total. The highest BCUT2D eigenvalue weighted by Gasteiger charge is 2.02. The van der Waals surface area contributed by atoms with E-state index in [0.717, 1.165) is 11.3 Å². The molecule has 2 N–H and O–H groups in total. The number of nitrogens with two attached hydrogens (primary N) is 1. The highest BCUT2D eigenvalue weighted by Crippen LogP contribution is 2.25. The molecule has 13 heavy (non-hydrogen) atoms. The summed E-state index contributed by atoms with van der Waals surface area (Å²) in [5.74, 6) is 1.15. The van der Waals surface area contributed by atoms with Gasteiger partial charge in [0.25, 0.3) is 0 Å². The standard InChI is InChI=1S/C10H8ClNO/c11-8-3-1-2-7(6-8)9-4-5-10(12)13-9/h1-6H,12H2. The quantitative estimate of drug-likeness (QED) is 0.756. The van der Waals surface area contributed by atoms with E-state index in [1.807, 2.05) is 30.3 Å². The number of hydrogen-bond acceptors (Lipinski definition) is 2. The first-order valence-electron chi connectivity index (χ1n) is 3.87. The van der Waals surface area contributed by atoms with Crippen molar-refractivity contribution in [3.05, 3.63) is 41.4 Å². The molecule has 3 heteroatoms. The number of furan rings is 1. The summed E-state index contributed by atoms with van der Waals surface area (Å²) >= 11 is 5.83. The molecule has 1 aromatic heterocycles. The highest BCUT2D eigenvalue weighted by molar-refractivity contribution is 6.30. The van der Waals surface area contributed by atoms with Crippen LogP contribution in [0, 0.1) is 0 Å². The summed E-state index contributed by atoms with van der Waals surface area (Å²) in [4.78, 5) is 0. The summed E-state index contributed by atoms with van der Waals surface area (Å²) in [6.07, 6.45) is 0. The molecule has 0 aliphatic heterocycles. The van der Waals surface area contributed by atoms with Gasteiger partial charge in [0.2, 0.25) is 0 Å². The maximum Gasteiger partial charge on any atom is 0.190 e. The van der Waals surface area contributed by atoms with Crippen molar-refractivity contribution in [1.29, 1.82) is 0 Å². The molecule has 0 atom stereocenters. The molecule has 66 valence electrons. The van der Waals surface area contributed by atoms with Crippen molar-refractivity contribution in [2.24, 2.45) is 0 Å². The summed E-state index contributed by atoms with van der Waals surface area (Å²) in [6.45, 7) is 0. The van der Waals surface area contributed by atoms with Gasteiger partial charge in [-0.15, -0.1) is 0 Å². The second kappa shape index (κ2) is 3.15. The van der Waals surface area contributed by atoms with Crippen molar-refractivity contribution in [3.63, 3.8) is 0 Å².